The minimum Gasteiger partial charge on any atom is -0.470 e. The van der Waals surface area contributed by atoms with Crippen molar-refractivity contribution in [2.24, 2.45) is 0 Å². The van der Waals surface area contributed by atoms with Crippen LogP contribution < -0.4 is 14.4 Å². The van der Waals surface area contributed by atoms with Gasteiger partial charge in [-0.1, -0.05) is 18.5 Å². The Bertz CT molecular complexity index is 1430. The first-order valence-electron chi connectivity index (χ1n) is 11.1. The third-order valence-electron chi connectivity index (χ3n) is 5.48. The number of halogens is 4. The number of pyridine rings is 1. The molecule has 1 aliphatic rings. The molecule has 1 atom stereocenters. The Morgan fingerprint density at radius 1 is 1.26 bits per heavy atom. The number of anilines is 2. The zero-order chi connectivity index (χ0) is 28.7. The van der Waals surface area contributed by atoms with Gasteiger partial charge in [0, 0.05) is 18.5 Å². The molecule has 2 aromatic rings. The van der Waals surface area contributed by atoms with E-state index >= 15 is 0 Å². The number of aryl methyl sites for hydroxylation is 1. The van der Waals surface area contributed by atoms with E-state index in [0.29, 0.717) is 20.4 Å². The molecule has 0 fully saturated rings. The smallest absolute Gasteiger partial charge is 0.427 e. The Hall–Kier alpha value is -2.79. The molecular weight excluding hydrogens is 579 g/mol. The molecule has 0 saturated heterocycles. The summed E-state index contributed by atoms with van der Waals surface area (Å²) in [6.07, 6.45) is -5.29. The van der Waals surface area contributed by atoms with Crippen LogP contribution in [0.3, 0.4) is 0 Å². The molecule has 1 amide bonds. The molecule has 1 N–H and O–H groups in total. The van der Waals surface area contributed by atoms with E-state index in [9.17, 15) is 34.8 Å². The van der Waals surface area contributed by atoms with E-state index in [1.54, 1.807) is 6.92 Å². The van der Waals surface area contributed by atoms with Crippen LogP contribution in [-0.2, 0) is 31.1 Å². The van der Waals surface area contributed by atoms with Crippen LogP contribution in [0.15, 0.2) is 23.4 Å². The summed E-state index contributed by atoms with van der Waals surface area (Å²) in [6, 6.07) is 1.09. The lowest BCUT2D eigenvalue weighted by molar-refractivity contribution is -0.242. The van der Waals surface area contributed by atoms with Gasteiger partial charge in [-0.25, -0.2) is 26.6 Å². The van der Waals surface area contributed by atoms with Gasteiger partial charge in [0.05, 0.1) is 24.2 Å². The fourth-order valence-corrected chi connectivity index (χ4v) is 6.15. The van der Waals surface area contributed by atoms with Gasteiger partial charge < -0.3 is 9.47 Å². The van der Waals surface area contributed by atoms with E-state index in [-0.39, 0.29) is 33.1 Å². The lowest BCUT2D eigenvalue weighted by atomic mass is 10.1. The largest absolute Gasteiger partial charge is 0.470 e. The molecule has 38 heavy (non-hydrogen) atoms. The molecule has 18 heteroatoms. The second-order valence-electron chi connectivity index (χ2n) is 8.69. The minimum atomic E-state index is -4.85. The van der Waals surface area contributed by atoms with E-state index < -0.39 is 56.1 Å². The maximum absolute atomic E-state index is 13.6. The van der Waals surface area contributed by atoms with Gasteiger partial charge in [0.2, 0.25) is 11.5 Å². The standard InChI is InChI=1S/C20H25ClF3N5O7S2/c1-5-28-10-15(16(21)27-28)38(33,34)29-9-13(11-37(31,32)6-2)35-17-14(29)7-12(8-25-17)26-18(30)36-19(3,4)20(22,23)24/h7-8,10,13H,5-6,9,11H2,1-4H3,(H,26,30)/t13-/m0/s1. The Kier molecular flexibility index (Phi) is 8.15. The molecule has 0 bridgehead atoms. The third kappa shape index (κ3) is 6.26. The van der Waals surface area contributed by atoms with Crippen molar-refractivity contribution in [3.05, 3.63) is 23.6 Å². The second-order valence-corrected chi connectivity index (χ2v) is 13.3. The lowest BCUT2D eigenvalue weighted by Gasteiger charge is -2.34. The maximum Gasteiger partial charge on any atom is 0.427 e. The van der Waals surface area contributed by atoms with Gasteiger partial charge in [0.25, 0.3) is 10.0 Å². The van der Waals surface area contributed by atoms with Gasteiger partial charge in [-0.05, 0) is 26.8 Å². The van der Waals surface area contributed by atoms with Crippen molar-refractivity contribution in [1.82, 2.24) is 14.8 Å². The maximum atomic E-state index is 13.6. The summed E-state index contributed by atoms with van der Waals surface area (Å²) >= 11 is 6.07. The number of fused-ring (bicyclic) bond motifs is 1. The van der Waals surface area contributed by atoms with Crippen LogP contribution in [0.5, 0.6) is 5.88 Å². The Morgan fingerprint density at radius 3 is 2.47 bits per heavy atom. The Labute approximate surface area is 222 Å². The van der Waals surface area contributed by atoms with Crippen LogP contribution in [-0.4, -0.2) is 73.6 Å². The first kappa shape index (κ1) is 29.8. The highest BCUT2D eigenvalue weighted by Gasteiger charge is 2.51. The van der Waals surface area contributed by atoms with Crippen molar-refractivity contribution in [2.75, 3.05) is 27.7 Å². The van der Waals surface area contributed by atoms with Gasteiger partial charge in [0.15, 0.2) is 15.0 Å². The fraction of sp³-hybridized carbons (Fsp3) is 0.550. The SMILES string of the molecule is CCn1cc(S(=O)(=O)N2C[C@@H](CS(=O)(=O)CC)Oc3ncc(NC(=O)OC(C)(C)C(F)(F)F)cc32)c(Cl)n1. The third-order valence-corrected chi connectivity index (χ3v) is 9.41. The minimum absolute atomic E-state index is 0.214. The Balaban J connectivity index is 2.02. The van der Waals surface area contributed by atoms with E-state index in [1.807, 2.05) is 0 Å². The number of sulfone groups is 1. The van der Waals surface area contributed by atoms with E-state index in [0.717, 1.165) is 16.6 Å². The van der Waals surface area contributed by atoms with Gasteiger partial charge in [-0.15, -0.1) is 0 Å². The number of rotatable bonds is 8. The molecule has 0 saturated carbocycles. The molecule has 1 aliphatic heterocycles. The van der Waals surface area contributed by atoms with Gasteiger partial charge >= 0.3 is 12.3 Å². The van der Waals surface area contributed by atoms with E-state index in [1.165, 1.54) is 17.8 Å². The predicted molar refractivity (Wildman–Crippen MR) is 131 cm³/mol. The van der Waals surface area contributed by atoms with Crippen LogP contribution in [0.1, 0.15) is 27.7 Å². The quantitative estimate of drug-likeness (QED) is 0.480. The van der Waals surface area contributed by atoms with E-state index in [4.69, 9.17) is 16.3 Å². The molecule has 0 aliphatic carbocycles. The van der Waals surface area contributed by atoms with Crippen molar-refractivity contribution < 1.29 is 44.3 Å². The molecule has 3 rings (SSSR count). The average Bonchev–Trinajstić information content (AvgIpc) is 3.19. The summed E-state index contributed by atoms with van der Waals surface area (Å²) in [4.78, 5) is 15.7. The lowest BCUT2D eigenvalue weighted by Crippen LogP contribution is -2.47. The topological polar surface area (TPSA) is 150 Å². The van der Waals surface area contributed by atoms with Crippen molar-refractivity contribution >= 4 is 48.9 Å². The fourth-order valence-electron chi connectivity index (χ4n) is 3.24. The molecule has 3 heterocycles. The number of sulfonamides is 1. The van der Waals surface area contributed by atoms with Crippen LogP contribution in [0.25, 0.3) is 0 Å². The number of alkyl halides is 3. The first-order valence-corrected chi connectivity index (χ1v) is 14.7. The predicted octanol–water partition coefficient (Wildman–Crippen LogP) is 3.23. The number of nitrogens with one attached hydrogen (secondary N) is 1. The van der Waals surface area contributed by atoms with E-state index in [2.05, 4.69) is 20.1 Å². The van der Waals surface area contributed by atoms with Crippen LogP contribution in [0.4, 0.5) is 29.3 Å². The van der Waals surface area contributed by atoms with Crippen LogP contribution in [0.2, 0.25) is 5.15 Å². The number of hydrogen-bond acceptors (Lipinski definition) is 9. The first-order chi connectivity index (χ1) is 17.4. The van der Waals surface area contributed by atoms with Crippen molar-refractivity contribution in [1.29, 1.82) is 0 Å². The zero-order valence-electron chi connectivity index (χ0n) is 20.6. The van der Waals surface area contributed by atoms with Crippen LogP contribution in [0, 0.1) is 0 Å². The number of carbonyl (C=O) groups excluding carboxylic acids is 1. The molecule has 2 aromatic heterocycles. The average molecular weight is 604 g/mol. The summed E-state index contributed by atoms with van der Waals surface area (Å²) in [7, 11) is -8.07. The number of amides is 1. The molecule has 0 unspecified atom stereocenters. The summed E-state index contributed by atoms with van der Waals surface area (Å²) in [5.74, 6) is -1.02. The van der Waals surface area contributed by atoms with Crippen molar-refractivity contribution in [3.63, 3.8) is 0 Å². The van der Waals surface area contributed by atoms with Gasteiger partial charge in [0.1, 0.15) is 16.7 Å². The molecule has 212 valence electrons. The second kappa shape index (κ2) is 10.4. The number of aromatic nitrogens is 3. The number of carbonyl (C=O) groups is 1. The van der Waals surface area contributed by atoms with Crippen LogP contribution >= 0.6 is 11.6 Å². The Morgan fingerprint density at radius 2 is 1.92 bits per heavy atom. The van der Waals surface area contributed by atoms with Crippen molar-refractivity contribution in [2.45, 2.75) is 57.0 Å². The monoisotopic (exact) mass is 603 g/mol. The summed E-state index contributed by atoms with van der Waals surface area (Å²) in [5.41, 5.74) is -3.25. The molecule has 0 aromatic carbocycles. The molecular formula is C20H25ClF3N5O7S2. The van der Waals surface area contributed by atoms with Gasteiger partial charge in [-0.3, -0.25) is 14.3 Å². The highest BCUT2D eigenvalue weighted by Crippen LogP contribution is 2.39. The normalized spacial score (nSPS) is 16.5. The van der Waals surface area contributed by atoms with Gasteiger partial charge in [-0.2, -0.15) is 18.3 Å². The highest BCUT2D eigenvalue weighted by molar-refractivity contribution is 7.93. The highest BCUT2D eigenvalue weighted by atomic mass is 35.5. The molecule has 12 nitrogen and oxygen atoms in total. The number of ether oxygens (including phenoxy) is 2. The zero-order valence-corrected chi connectivity index (χ0v) is 23.0. The summed E-state index contributed by atoms with van der Waals surface area (Å²) in [5, 5.41) is 5.66. The molecule has 0 radical (unpaired) electrons. The summed E-state index contributed by atoms with van der Waals surface area (Å²) in [6.45, 7) is 4.28. The number of nitrogens with zero attached hydrogens (tertiary/aromatic N) is 4. The molecule has 0 spiro atoms. The number of hydrogen-bond donors (Lipinski definition) is 1. The summed E-state index contributed by atoms with van der Waals surface area (Å²) < 4.78 is 103. The van der Waals surface area contributed by atoms with Crippen molar-refractivity contribution in [3.8, 4) is 5.88 Å².